The molecule has 0 bridgehead atoms. The number of carbonyl (C=O) groups excluding carboxylic acids is 1. The molecule has 1 amide bonds. The van der Waals surface area contributed by atoms with Gasteiger partial charge in [0.2, 0.25) is 5.91 Å². The Balaban J connectivity index is 1.63. The van der Waals surface area contributed by atoms with Gasteiger partial charge in [0.05, 0.1) is 12.8 Å². The zero-order chi connectivity index (χ0) is 20.1. The first-order valence-electron chi connectivity index (χ1n) is 9.80. The summed E-state index contributed by atoms with van der Waals surface area (Å²) in [5.41, 5.74) is 1.64. The molecule has 2 aromatic rings. The highest BCUT2D eigenvalue weighted by Gasteiger charge is 2.37. The number of rotatable bonds is 6. The van der Waals surface area contributed by atoms with E-state index < -0.39 is 5.60 Å². The number of carbonyl (C=O) groups is 1. The van der Waals surface area contributed by atoms with Crippen LogP contribution < -0.4 is 10.1 Å². The average molecular weight is 383 g/mol. The number of aliphatic hydroxyl groups is 1. The molecule has 28 heavy (non-hydrogen) atoms. The molecule has 0 unspecified atom stereocenters. The third kappa shape index (κ3) is 4.44. The lowest BCUT2D eigenvalue weighted by Crippen LogP contribution is -2.50. The molecule has 0 spiro atoms. The van der Waals surface area contributed by atoms with Crippen molar-refractivity contribution in [3.05, 3.63) is 53.9 Å². The van der Waals surface area contributed by atoms with Gasteiger partial charge in [-0.25, -0.2) is 0 Å². The summed E-state index contributed by atoms with van der Waals surface area (Å²) < 4.78 is 5.25. The Hall–Kier alpha value is -2.60. The van der Waals surface area contributed by atoms with Crippen LogP contribution in [0.4, 0.5) is 5.69 Å². The van der Waals surface area contributed by atoms with Crippen LogP contribution in [-0.2, 0) is 10.4 Å². The lowest BCUT2D eigenvalue weighted by molar-refractivity contribution is -0.136. The molecule has 1 atom stereocenters. The number of amides is 1. The maximum absolute atomic E-state index is 13.0. The maximum atomic E-state index is 13.0. The summed E-state index contributed by atoms with van der Waals surface area (Å²) in [7, 11) is 1.62. The smallest absolute Gasteiger partial charge is 0.245 e. The van der Waals surface area contributed by atoms with Crippen molar-refractivity contribution >= 4 is 11.6 Å². The van der Waals surface area contributed by atoms with Gasteiger partial charge in [-0.2, -0.15) is 0 Å². The van der Waals surface area contributed by atoms with Crippen molar-refractivity contribution in [3.63, 3.8) is 0 Å². The summed E-state index contributed by atoms with van der Waals surface area (Å²) >= 11 is 0. The molecule has 6 heteroatoms. The molecule has 2 heterocycles. The van der Waals surface area contributed by atoms with Gasteiger partial charge in [-0.05, 0) is 49.9 Å². The minimum Gasteiger partial charge on any atom is -0.497 e. The van der Waals surface area contributed by atoms with Crippen LogP contribution in [0, 0.1) is 6.92 Å². The standard InChI is InChI=1S/C22H29N3O3/c1-4-19(24-17-6-5-7-18(14-17)28-3)21(26)25-12-10-22(27,11-13-25)20-9-8-16(2)15-23-20/h5-9,14-15,19,24,27H,4,10-13H2,1-3H3/t19-/m1/s1. The van der Waals surface area contributed by atoms with E-state index in [1.54, 1.807) is 13.3 Å². The second kappa shape index (κ2) is 8.61. The molecule has 6 nitrogen and oxygen atoms in total. The summed E-state index contributed by atoms with van der Waals surface area (Å²) in [5.74, 6) is 0.810. The number of likely N-dealkylation sites (tertiary alicyclic amines) is 1. The van der Waals surface area contributed by atoms with Crippen molar-refractivity contribution < 1.29 is 14.6 Å². The number of ether oxygens (including phenoxy) is 1. The zero-order valence-corrected chi connectivity index (χ0v) is 16.8. The number of aromatic nitrogens is 1. The Bertz CT molecular complexity index is 799. The van der Waals surface area contributed by atoms with Gasteiger partial charge >= 0.3 is 0 Å². The van der Waals surface area contributed by atoms with Crippen LogP contribution in [0.25, 0.3) is 0 Å². The zero-order valence-electron chi connectivity index (χ0n) is 16.8. The topological polar surface area (TPSA) is 74.7 Å². The van der Waals surface area contributed by atoms with Gasteiger partial charge in [0.15, 0.2) is 0 Å². The van der Waals surface area contributed by atoms with E-state index in [0.717, 1.165) is 17.0 Å². The molecule has 150 valence electrons. The first kappa shape index (κ1) is 20.1. The molecule has 1 aromatic carbocycles. The number of hydrogen-bond acceptors (Lipinski definition) is 5. The highest BCUT2D eigenvalue weighted by Crippen LogP contribution is 2.32. The average Bonchev–Trinajstić information content (AvgIpc) is 2.72. The number of aryl methyl sites for hydroxylation is 1. The van der Waals surface area contributed by atoms with Gasteiger partial charge in [-0.15, -0.1) is 0 Å². The summed E-state index contributed by atoms with van der Waals surface area (Å²) in [4.78, 5) is 19.2. The van der Waals surface area contributed by atoms with Gasteiger partial charge < -0.3 is 20.1 Å². The lowest BCUT2D eigenvalue weighted by atomic mass is 9.87. The number of pyridine rings is 1. The molecule has 1 fully saturated rings. The molecular formula is C22H29N3O3. The fourth-order valence-corrected chi connectivity index (χ4v) is 3.57. The molecule has 1 saturated heterocycles. The number of nitrogens with one attached hydrogen (secondary N) is 1. The van der Waals surface area contributed by atoms with Crippen molar-refractivity contribution in [2.75, 3.05) is 25.5 Å². The molecule has 1 aliphatic rings. The van der Waals surface area contributed by atoms with E-state index in [2.05, 4.69) is 10.3 Å². The van der Waals surface area contributed by atoms with Crippen molar-refractivity contribution in [2.45, 2.75) is 44.8 Å². The first-order valence-corrected chi connectivity index (χ1v) is 9.80. The Labute approximate surface area is 166 Å². The molecule has 0 aliphatic carbocycles. The molecular weight excluding hydrogens is 354 g/mol. The number of anilines is 1. The predicted octanol–water partition coefficient (Wildman–Crippen LogP) is 3.10. The predicted molar refractivity (Wildman–Crippen MR) is 109 cm³/mol. The van der Waals surface area contributed by atoms with Crippen LogP contribution in [0.2, 0.25) is 0 Å². The van der Waals surface area contributed by atoms with Crippen molar-refractivity contribution in [1.29, 1.82) is 0 Å². The van der Waals surface area contributed by atoms with E-state index in [4.69, 9.17) is 4.74 Å². The van der Waals surface area contributed by atoms with E-state index in [1.807, 2.05) is 55.1 Å². The molecule has 0 radical (unpaired) electrons. The normalized spacial score (nSPS) is 17.1. The van der Waals surface area contributed by atoms with Crippen LogP contribution in [0.5, 0.6) is 5.75 Å². The van der Waals surface area contributed by atoms with Crippen LogP contribution in [-0.4, -0.2) is 47.1 Å². The Morgan fingerprint density at radius 1 is 1.32 bits per heavy atom. The lowest BCUT2D eigenvalue weighted by Gasteiger charge is -2.39. The summed E-state index contributed by atoms with van der Waals surface area (Å²) in [6.07, 6.45) is 3.43. The fourth-order valence-electron chi connectivity index (χ4n) is 3.57. The second-order valence-electron chi connectivity index (χ2n) is 7.41. The minimum atomic E-state index is -0.966. The highest BCUT2D eigenvalue weighted by molar-refractivity contribution is 5.84. The third-order valence-electron chi connectivity index (χ3n) is 5.41. The number of piperidine rings is 1. The summed E-state index contributed by atoms with van der Waals surface area (Å²) in [6, 6.07) is 11.1. The summed E-state index contributed by atoms with van der Waals surface area (Å²) in [5, 5.41) is 14.3. The van der Waals surface area contributed by atoms with Crippen molar-refractivity contribution in [2.24, 2.45) is 0 Å². The Kier molecular flexibility index (Phi) is 6.19. The fraction of sp³-hybridized carbons (Fsp3) is 0.455. The summed E-state index contributed by atoms with van der Waals surface area (Å²) in [6.45, 7) is 5.00. The van der Waals surface area contributed by atoms with Gasteiger partial charge in [-0.3, -0.25) is 9.78 Å². The largest absolute Gasteiger partial charge is 0.497 e. The van der Waals surface area contributed by atoms with E-state index in [0.29, 0.717) is 38.0 Å². The third-order valence-corrected chi connectivity index (χ3v) is 5.41. The van der Waals surface area contributed by atoms with E-state index in [1.165, 1.54) is 0 Å². The SMILES string of the molecule is CC[C@@H](Nc1cccc(OC)c1)C(=O)N1CCC(O)(c2ccc(C)cn2)CC1. The molecule has 2 N–H and O–H groups in total. The van der Waals surface area contributed by atoms with Gasteiger partial charge in [0, 0.05) is 31.0 Å². The number of methoxy groups -OCH3 is 1. The number of hydrogen-bond donors (Lipinski definition) is 2. The maximum Gasteiger partial charge on any atom is 0.245 e. The van der Waals surface area contributed by atoms with Gasteiger partial charge in [0.25, 0.3) is 0 Å². The Morgan fingerprint density at radius 3 is 2.68 bits per heavy atom. The monoisotopic (exact) mass is 383 g/mol. The quantitative estimate of drug-likeness (QED) is 0.802. The molecule has 0 saturated carbocycles. The molecule has 1 aromatic heterocycles. The van der Waals surface area contributed by atoms with E-state index in [-0.39, 0.29) is 11.9 Å². The van der Waals surface area contributed by atoms with Gasteiger partial charge in [-0.1, -0.05) is 19.1 Å². The van der Waals surface area contributed by atoms with Crippen LogP contribution in [0.15, 0.2) is 42.6 Å². The first-order chi connectivity index (χ1) is 13.4. The van der Waals surface area contributed by atoms with E-state index >= 15 is 0 Å². The molecule has 3 rings (SSSR count). The van der Waals surface area contributed by atoms with Crippen LogP contribution in [0.1, 0.15) is 37.4 Å². The van der Waals surface area contributed by atoms with Crippen molar-refractivity contribution in [1.82, 2.24) is 9.88 Å². The van der Waals surface area contributed by atoms with Crippen molar-refractivity contribution in [3.8, 4) is 5.75 Å². The second-order valence-corrected chi connectivity index (χ2v) is 7.41. The molecule has 1 aliphatic heterocycles. The minimum absolute atomic E-state index is 0.0595. The van der Waals surface area contributed by atoms with Crippen LogP contribution in [0.3, 0.4) is 0 Å². The number of nitrogens with zero attached hydrogens (tertiary/aromatic N) is 2. The van der Waals surface area contributed by atoms with Crippen LogP contribution >= 0.6 is 0 Å². The van der Waals surface area contributed by atoms with Gasteiger partial charge in [0.1, 0.15) is 17.4 Å². The number of benzene rings is 1. The Morgan fingerprint density at radius 2 is 2.07 bits per heavy atom. The highest BCUT2D eigenvalue weighted by atomic mass is 16.5. The van der Waals surface area contributed by atoms with E-state index in [9.17, 15) is 9.90 Å².